The number of nitrogens with zero attached hydrogens (tertiary/aromatic N) is 1. The number of nitrogens with two attached hydrogens (primary N) is 1. The van der Waals surface area contributed by atoms with Crippen LogP contribution in [0, 0.1) is 6.92 Å². The number of hydrogen-bond donors (Lipinski definition) is 2. The second kappa shape index (κ2) is 12.1. The van der Waals surface area contributed by atoms with E-state index < -0.39 is 0 Å². The molecule has 2 rings (SSSR count). The number of nitrogens with one attached hydrogen (secondary N) is 1. The third kappa shape index (κ3) is 7.99. The summed E-state index contributed by atoms with van der Waals surface area (Å²) in [7, 11) is 0. The molecule has 3 N–H and O–H groups in total. The average molecular weight is 390 g/mol. The average Bonchev–Trinajstić information content (AvgIpc) is 2.91. The van der Waals surface area contributed by atoms with Gasteiger partial charge in [-0.3, -0.25) is 4.79 Å². The fourth-order valence-corrected chi connectivity index (χ4v) is 3.06. The van der Waals surface area contributed by atoms with E-state index in [9.17, 15) is 4.79 Å². The van der Waals surface area contributed by atoms with Crippen LogP contribution in [0.25, 0.3) is 0 Å². The molecule has 0 aliphatic rings. The van der Waals surface area contributed by atoms with Crippen LogP contribution in [0.3, 0.4) is 0 Å². The molecule has 0 radical (unpaired) electrons. The molecule has 1 aromatic carbocycles. The van der Waals surface area contributed by atoms with Gasteiger partial charge in [0.05, 0.1) is 5.01 Å². The largest absolute Gasteiger partial charge is 0.399 e. The second-order valence-electron chi connectivity index (χ2n) is 5.39. The maximum atomic E-state index is 11.8. The Hall–Kier alpha value is -1.30. The first-order valence-electron chi connectivity index (χ1n) is 7.66. The molecule has 0 saturated carbocycles. The van der Waals surface area contributed by atoms with Gasteiger partial charge < -0.3 is 11.1 Å². The van der Waals surface area contributed by atoms with Gasteiger partial charge in [0.25, 0.3) is 0 Å². The Balaban J connectivity index is 0.00000264. The van der Waals surface area contributed by atoms with Crippen LogP contribution in [0.4, 0.5) is 5.69 Å². The molecule has 7 heteroatoms. The molecular weight excluding hydrogens is 365 g/mol. The van der Waals surface area contributed by atoms with Crippen molar-refractivity contribution in [2.24, 2.45) is 0 Å². The lowest BCUT2D eigenvalue weighted by atomic mass is 10.1. The maximum Gasteiger partial charge on any atom is 0.220 e. The lowest BCUT2D eigenvalue weighted by Crippen LogP contribution is -2.24. The van der Waals surface area contributed by atoms with Gasteiger partial charge in [-0.1, -0.05) is 18.2 Å². The Morgan fingerprint density at radius 2 is 1.96 bits per heavy atom. The number of aromatic nitrogens is 1. The number of hydrogen-bond acceptors (Lipinski definition) is 4. The van der Waals surface area contributed by atoms with Gasteiger partial charge in [-0.2, -0.15) is 0 Å². The Labute approximate surface area is 160 Å². The summed E-state index contributed by atoms with van der Waals surface area (Å²) < 4.78 is 0. The van der Waals surface area contributed by atoms with Gasteiger partial charge >= 0.3 is 0 Å². The Bertz CT molecular complexity index is 619. The lowest BCUT2D eigenvalue weighted by Gasteiger charge is -2.06. The van der Waals surface area contributed by atoms with Crippen LogP contribution in [-0.2, 0) is 17.6 Å². The van der Waals surface area contributed by atoms with E-state index in [1.54, 1.807) is 11.3 Å². The molecule has 4 nitrogen and oxygen atoms in total. The zero-order chi connectivity index (χ0) is 15.8. The van der Waals surface area contributed by atoms with Crippen molar-refractivity contribution in [3.63, 3.8) is 0 Å². The van der Waals surface area contributed by atoms with Crippen molar-refractivity contribution in [3.05, 3.63) is 45.9 Å². The molecule has 134 valence electrons. The van der Waals surface area contributed by atoms with Crippen molar-refractivity contribution < 1.29 is 4.79 Å². The maximum absolute atomic E-state index is 11.8. The SMILES string of the molecule is Cc1csc(CCCCNC(=O)CCc2ccccc2N)n1.Cl.Cl. The Morgan fingerprint density at radius 1 is 1.21 bits per heavy atom. The van der Waals surface area contributed by atoms with E-state index in [1.165, 1.54) is 5.01 Å². The number of anilines is 1. The normalized spacial score (nSPS) is 9.71. The number of amides is 1. The third-order valence-electron chi connectivity index (χ3n) is 3.48. The molecule has 1 aromatic heterocycles. The third-order valence-corrected chi connectivity index (χ3v) is 4.51. The number of nitrogen functional groups attached to an aromatic ring is 1. The number of aryl methyl sites for hydroxylation is 3. The van der Waals surface area contributed by atoms with E-state index in [0.29, 0.717) is 12.8 Å². The predicted octanol–water partition coefficient (Wildman–Crippen LogP) is 3.95. The monoisotopic (exact) mass is 389 g/mol. The first-order chi connectivity index (χ1) is 10.6. The summed E-state index contributed by atoms with van der Waals surface area (Å²) in [4.78, 5) is 16.2. The van der Waals surface area contributed by atoms with Crippen LogP contribution in [0.1, 0.15) is 35.5 Å². The summed E-state index contributed by atoms with van der Waals surface area (Å²) in [6, 6.07) is 7.69. The summed E-state index contributed by atoms with van der Waals surface area (Å²) in [6.07, 6.45) is 4.21. The highest BCUT2D eigenvalue weighted by molar-refractivity contribution is 7.09. The van der Waals surface area contributed by atoms with Gasteiger partial charge in [0, 0.05) is 29.7 Å². The molecule has 0 unspecified atom stereocenters. The fraction of sp³-hybridized carbons (Fsp3) is 0.412. The van der Waals surface area contributed by atoms with Crippen molar-refractivity contribution >= 4 is 47.7 Å². The minimum Gasteiger partial charge on any atom is -0.399 e. The minimum absolute atomic E-state index is 0. The lowest BCUT2D eigenvalue weighted by molar-refractivity contribution is -0.121. The zero-order valence-corrected chi connectivity index (χ0v) is 16.2. The predicted molar refractivity (Wildman–Crippen MR) is 106 cm³/mol. The van der Waals surface area contributed by atoms with E-state index >= 15 is 0 Å². The van der Waals surface area contributed by atoms with Crippen molar-refractivity contribution in [2.75, 3.05) is 12.3 Å². The standard InChI is InChI=1S/C17H23N3OS.2ClH/c1-13-12-22-17(20-13)8-4-5-11-19-16(21)10-9-14-6-2-3-7-15(14)18;;/h2-3,6-7,12H,4-5,8-11,18H2,1H3,(H,19,21);2*1H. The highest BCUT2D eigenvalue weighted by Gasteiger charge is 2.04. The molecule has 0 saturated heterocycles. The molecule has 1 heterocycles. The number of benzene rings is 1. The van der Waals surface area contributed by atoms with Crippen molar-refractivity contribution in [3.8, 4) is 0 Å². The van der Waals surface area contributed by atoms with Crippen LogP contribution >= 0.6 is 36.2 Å². The molecule has 0 atom stereocenters. The van der Waals surface area contributed by atoms with E-state index in [-0.39, 0.29) is 30.7 Å². The first kappa shape index (κ1) is 22.7. The van der Waals surface area contributed by atoms with Gasteiger partial charge in [-0.15, -0.1) is 36.2 Å². The van der Waals surface area contributed by atoms with Gasteiger partial charge in [0.2, 0.25) is 5.91 Å². The molecule has 0 bridgehead atoms. The summed E-state index contributed by atoms with van der Waals surface area (Å²) in [5.74, 6) is 0.0911. The molecule has 1 amide bonds. The van der Waals surface area contributed by atoms with Crippen LogP contribution in [-0.4, -0.2) is 17.4 Å². The number of rotatable bonds is 8. The Kier molecular flexibility index (Phi) is 11.5. The molecule has 0 spiro atoms. The highest BCUT2D eigenvalue weighted by Crippen LogP contribution is 2.13. The molecule has 0 aliphatic carbocycles. The Morgan fingerprint density at radius 3 is 2.62 bits per heavy atom. The summed E-state index contributed by atoms with van der Waals surface area (Å²) >= 11 is 1.71. The summed E-state index contributed by atoms with van der Waals surface area (Å²) in [5.41, 5.74) is 8.76. The molecular formula is C17H25Cl2N3OS. The quantitative estimate of drug-likeness (QED) is 0.530. The van der Waals surface area contributed by atoms with E-state index in [2.05, 4.69) is 15.7 Å². The first-order valence-corrected chi connectivity index (χ1v) is 8.54. The summed E-state index contributed by atoms with van der Waals surface area (Å²) in [5, 5.41) is 6.23. The number of carbonyl (C=O) groups excluding carboxylic acids is 1. The molecule has 0 fully saturated rings. The molecule has 2 aromatic rings. The molecule has 24 heavy (non-hydrogen) atoms. The van der Waals surface area contributed by atoms with Crippen LogP contribution < -0.4 is 11.1 Å². The number of para-hydroxylation sites is 1. The van der Waals surface area contributed by atoms with E-state index in [1.807, 2.05) is 31.2 Å². The van der Waals surface area contributed by atoms with Gasteiger partial charge in [-0.05, 0) is 44.2 Å². The molecule has 0 aliphatic heterocycles. The van der Waals surface area contributed by atoms with Crippen LogP contribution in [0.5, 0.6) is 0 Å². The van der Waals surface area contributed by atoms with Crippen LogP contribution in [0.2, 0.25) is 0 Å². The summed E-state index contributed by atoms with van der Waals surface area (Å²) in [6.45, 7) is 2.74. The highest BCUT2D eigenvalue weighted by atomic mass is 35.5. The smallest absolute Gasteiger partial charge is 0.220 e. The van der Waals surface area contributed by atoms with E-state index in [4.69, 9.17) is 5.73 Å². The fourth-order valence-electron chi connectivity index (χ4n) is 2.25. The van der Waals surface area contributed by atoms with Crippen molar-refractivity contribution in [1.29, 1.82) is 0 Å². The topological polar surface area (TPSA) is 68.0 Å². The zero-order valence-electron chi connectivity index (χ0n) is 13.8. The minimum atomic E-state index is 0. The van der Waals surface area contributed by atoms with Gasteiger partial charge in [-0.25, -0.2) is 4.98 Å². The van der Waals surface area contributed by atoms with Crippen LogP contribution in [0.15, 0.2) is 29.6 Å². The number of carbonyl (C=O) groups is 1. The van der Waals surface area contributed by atoms with Crippen molar-refractivity contribution in [1.82, 2.24) is 10.3 Å². The van der Waals surface area contributed by atoms with E-state index in [0.717, 1.165) is 42.8 Å². The number of thiazole rings is 1. The second-order valence-corrected chi connectivity index (χ2v) is 6.33. The van der Waals surface area contributed by atoms with Crippen molar-refractivity contribution in [2.45, 2.75) is 39.0 Å². The number of halogens is 2. The van der Waals surface area contributed by atoms with Gasteiger partial charge in [0.15, 0.2) is 0 Å². The number of unbranched alkanes of at least 4 members (excludes halogenated alkanes) is 1. The van der Waals surface area contributed by atoms with Gasteiger partial charge in [0.1, 0.15) is 0 Å².